The van der Waals surface area contributed by atoms with Crippen LogP contribution in [0.15, 0.2) is 42.5 Å². The Kier molecular flexibility index (Phi) is 5.87. The molecule has 1 amide bonds. The third kappa shape index (κ3) is 4.33. The Labute approximate surface area is 152 Å². The van der Waals surface area contributed by atoms with Crippen LogP contribution < -0.4 is 14.8 Å². The molecule has 0 fully saturated rings. The molecule has 6 nitrogen and oxygen atoms in total. The van der Waals surface area contributed by atoms with Gasteiger partial charge in [-0.05, 0) is 49.2 Å². The van der Waals surface area contributed by atoms with E-state index in [2.05, 4.69) is 5.32 Å². The van der Waals surface area contributed by atoms with Gasteiger partial charge in [0.05, 0.1) is 26.1 Å². The smallest absolute Gasteiger partial charge is 0.313 e. The lowest BCUT2D eigenvalue weighted by Gasteiger charge is -2.19. The van der Waals surface area contributed by atoms with Crippen molar-refractivity contribution in [3.63, 3.8) is 0 Å². The van der Waals surface area contributed by atoms with Gasteiger partial charge in [0, 0.05) is 5.69 Å². The average molecular weight is 357 g/mol. The van der Waals surface area contributed by atoms with Crippen molar-refractivity contribution in [3.05, 3.63) is 53.6 Å². The molecule has 0 atom stereocenters. The summed E-state index contributed by atoms with van der Waals surface area (Å²) in [5.74, 6) is 0.0940. The lowest BCUT2D eigenvalue weighted by atomic mass is 9.85. The minimum atomic E-state index is -0.984. The minimum absolute atomic E-state index is 0.178. The van der Waals surface area contributed by atoms with Crippen molar-refractivity contribution in [3.8, 4) is 11.5 Å². The van der Waals surface area contributed by atoms with E-state index in [9.17, 15) is 14.7 Å². The van der Waals surface area contributed by atoms with Gasteiger partial charge in [-0.2, -0.15) is 0 Å². The molecule has 0 unspecified atom stereocenters. The first-order valence-corrected chi connectivity index (χ1v) is 8.12. The van der Waals surface area contributed by atoms with Crippen molar-refractivity contribution in [2.75, 3.05) is 19.5 Å². The van der Waals surface area contributed by atoms with E-state index in [0.717, 1.165) is 5.56 Å². The number of benzene rings is 2. The molecule has 0 aromatic heterocycles. The second-order valence-corrected chi connectivity index (χ2v) is 6.42. The Balaban J connectivity index is 2.05. The molecule has 0 aliphatic heterocycles. The molecule has 0 bridgehead atoms. The first kappa shape index (κ1) is 19.3. The molecule has 0 radical (unpaired) electrons. The molecule has 0 heterocycles. The monoisotopic (exact) mass is 357 g/mol. The van der Waals surface area contributed by atoms with Crippen LogP contribution in [-0.2, 0) is 21.4 Å². The molecule has 2 aromatic rings. The normalized spacial score (nSPS) is 10.9. The maximum atomic E-state index is 12.2. The summed E-state index contributed by atoms with van der Waals surface area (Å²) in [4.78, 5) is 23.5. The zero-order valence-corrected chi connectivity index (χ0v) is 15.3. The molecule has 6 heteroatoms. The lowest BCUT2D eigenvalue weighted by Crippen LogP contribution is -2.28. The van der Waals surface area contributed by atoms with Crippen LogP contribution in [0.3, 0.4) is 0 Å². The number of hydrogen-bond acceptors (Lipinski definition) is 4. The van der Waals surface area contributed by atoms with Crippen LogP contribution in [0.2, 0.25) is 0 Å². The van der Waals surface area contributed by atoms with E-state index >= 15 is 0 Å². The predicted molar refractivity (Wildman–Crippen MR) is 99.0 cm³/mol. The number of hydrogen-bond donors (Lipinski definition) is 2. The van der Waals surface area contributed by atoms with Crippen molar-refractivity contribution < 1.29 is 24.2 Å². The molecule has 0 aliphatic carbocycles. The Morgan fingerprint density at radius 1 is 1.00 bits per heavy atom. The molecule has 2 aromatic carbocycles. The number of carboxylic acids is 1. The third-order valence-corrected chi connectivity index (χ3v) is 4.24. The molecule has 0 saturated carbocycles. The van der Waals surface area contributed by atoms with Crippen molar-refractivity contribution in [1.29, 1.82) is 0 Å². The summed E-state index contributed by atoms with van der Waals surface area (Å²) < 4.78 is 10.4. The molecule has 26 heavy (non-hydrogen) atoms. The van der Waals surface area contributed by atoms with E-state index in [1.807, 2.05) is 0 Å². The summed E-state index contributed by atoms with van der Waals surface area (Å²) in [7, 11) is 3.10. The van der Waals surface area contributed by atoms with Crippen molar-refractivity contribution in [2.45, 2.75) is 25.7 Å². The lowest BCUT2D eigenvalue weighted by molar-refractivity contribution is -0.142. The molecule has 138 valence electrons. The van der Waals surface area contributed by atoms with Crippen LogP contribution in [0, 0.1) is 0 Å². The number of rotatable bonds is 7. The fourth-order valence-electron chi connectivity index (χ4n) is 2.47. The molecule has 2 N–H and O–H groups in total. The second kappa shape index (κ2) is 7.91. The largest absolute Gasteiger partial charge is 0.493 e. The Hall–Kier alpha value is -3.02. The van der Waals surface area contributed by atoms with Crippen LogP contribution in [-0.4, -0.2) is 31.2 Å². The first-order valence-electron chi connectivity index (χ1n) is 8.12. The predicted octanol–water partition coefficient (Wildman–Crippen LogP) is 3.25. The number of carbonyl (C=O) groups excluding carboxylic acids is 1. The fraction of sp³-hybridized carbons (Fsp3) is 0.300. The van der Waals surface area contributed by atoms with Gasteiger partial charge in [0.2, 0.25) is 5.91 Å². The summed E-state index contributed by atoms with van der Waals surface area (Å²) >= 11 is 0. The highest BCUT2D eigenvalue weighted by molar-refractivity contribution is 5.92. The van der Waals surface area contributed by atoms with Gasteiger partial charge < -0.3 is 19.9 Å². The van der Waals surface area contributed by atoms with Crippen LogP contribution in [0.1, 0.15) is 25.0 Å². The van der Waals surface area contributed by atoms with Gasteiger partial charge in [0.15, 0.2) is 11.5 Å². The van der Waals surface area contributed by atoms with Gasteiger partial charge in [0.1, 0.15) is 0 Å². The SMILES string of the molecule is COc1ccc(CC(=O)Nc2ccc(C(C)(C)C(=O)O)cc2)cc1OC. The highest BCUT2D eigenvalue weighted by Gasteiger charge is 2.29. The van der Waals surface area contributed by atoms with E-state index in [1.165, 1.54) is 0 Å². The highest BCUT2D eigenvalue weighted by atomic mass is 16.5. The number of carbonyl (C=O) groups is 2. The van der Waals surface area contributed by atoms with Crippen molar-refractivity contribution in [1.82, 2.24) is 0 Å². The number of anilines is 1. The van der Waals surface area contributed by atoms with Crippen molar-refractivity contribution >= 4 is 17.6 Å². The minimum Gasteiger partial charge on any atom is -0.493 e. The van der Waals surface area contributed by atoms with E-state index in [0.29, 0.717) is 22.7 Å². The quantitative estimate of drug-likeness (QED) is 0.795. The van der Waals surface area contributed by atoms with Crippen LogP contribution in [0.4, 0.5) is 5.69 Å². The topological polar surface area (TPSA) is 84.9 Å². The van der Waals surface area contributed by atoms with Gasteiger partial charge >= 0.3 is 5.97 Å². The fourth-order valence-corrected chi connectivity index (χ4v) is 2.47. The summed E-state index contributed by atoms with van der Waals surface area (Å²) in [5.41, 5.74) is 1.09. The van der Waals surface area contributed by atoms with Gasteiger partial charge in [0.25, 0.3) is 0 Å². The molecule has 0 saturated heterocycles. The summed E-state index contributed by atoms with van der Waals surface area (Å²) in [5, 5.41) is 12.1. The first-order chi connectivity index (χ1) is 12.3. The Morgan fingerprint density at radius 3 is 2.15 bits per heavy atom. The van der Waals surface area contributed by atoms with Gasteiger partial charge in [-0.15, -0.1) is 0 Å². The van der Waals surface area contributed by atoms with Gasteiger partial charge in [-0.1, -0.05) is 18.2 Å². The van der Waals surface area contributed by atoms with E-state index in [-0.39, 0.29) is 12.3 Å². The number of methoxy groups -OCH3 is 2. The molecule has 0 aliphatic rings. The summed E-state index contributed by atoms with van der Waals surface area (Å²) in [6.45, 7) is 3.28. The van der Waals surface area contributed by atoms with Crippen molar-refractivity contribution in [2.24, 2.45) is 0 Å². The number of ether oxygens (including phenoxy) is 2. The van der Waals surface area contributed by atoms with E-state index < -0.39 is 11.4 Å². The maximum absolute atomic E-state index is 12.2. The summed E-state index contributed by atoms with van der Waals surface area (Å²) in [6, 6.07) is 12.1. The van der Waals surface area contributed by atoms with Gasteiger partial charge in [-0.25, -0.2) is 0 Å². The van der Waals surface area contributed by atoms with E-state index in [4.69, 9.17) is 9.47 Å². The molecule has 2 rings (SSSR count). The standard InChI is InChI=1S/C20H23NO5/c1-20(2,19(23)24)14-6-8-15(9-7-14)21-18(22)12-13-5-10-16(25-3)17(11-13)26-4/h5-11H,12H2,1-4H3,(H,21,22)(H,23,24). The Morgan fingerprint density at radius 2 is 1.62 bits per heavy atom. The molecular formula is C20H23NO5. The van der Waals surface area contributed by atoms with Gasteiger partial charge in [-0.3, -0.25) is 9.59 Å². The maximum Gasteiger partial charge on any atom is 0.313 e. The number of carboxylic acid groups (broad SMARTS) is 1. The second-order valence-electron chi connectivity index (χ2n) is 6.42. The molecular weight excluding hydrogens is 334 g/mol. The van der Waals surface area contributed by atoms with Crippen LogP contribution >= 0.6 is 0 Å². The number of aliphatic carboxylic acids is 1. The van der Waals surface area contributed by atoms with Crippen LogP contribution in [0.5, 0.6) is 11.5 Å². The highest BCUT2D eigenvalue weighted by Crippen LogP contribution is 2.28. The van der Waals surface area contributed by atoms with Crippen LogP contribution in [0.25, 0.3) is 0 Å². The molecule has 0 spiro atoms. The summed E-state index contributed by atoms with van der Waals surface area (Å²) in [6.07, 6.45) is 0.183. The average Bonchev–Trinajstić information content (AvgIpc) is 2.61. The zero-order chi connectivity index (χ0) is 19.3. The third-order valence-electron chi connectivity index (χ3n) is 4.24. The zero-order valence-electron chi connectivity index (χ0n) is 15.3. The Bertz CT molecular complexity index is 796. The number of nitrogens with one attached hydrogen (secondary N) is 1. The number of amides is 1. The van der Waals surface area contributed by atoms with E-state index in [1.54, 1.807) is 70.5 Å².